The van der Waals surface area contributed by atoms with Crippen molar-refractivity contribution in [1.82, 2.24) is 9.80 Å². The molecular formula is C14H28N2O2. The fourth-order valence-electron chi connectivity index (χ4n) is 3.00. The molecule has 0 aliphatic carbocycles. The molecule has 2 unspecified atom stereocenters. The van der Waals surface area contributed by atoms with Crippen LogP contribution in [0.5, 0.6) is 0 Å². The first-order valence-corrected chi connectivity index (χ1v) is 7.59. The van der Waals surface area contributed by atoms with Gasteiger partial charge in [0.15, 0.2) is 0 Å². The van der Waals surface area contributed by atoms with E-state index in [1.165, 1.54) is 25.9 Å². The Balaban J connectivity index is 1.70. The summed E-state index contributed by atoms with van der Waals surface area (Å²) in [6.45, 7) is 7.36. The predicted molar refractivity (Wildman–Crippen MR) is 72.3 cm³/mol. The van der Waals surface area contributed by atoms with E-state index in [1.54, 1.807) is 0 Å². The van der Waals surface area contributed by atoms with Gasteiger partial charge in [-0.25, -0.2) is 0 Å². The Labute approximate surface area is 111 Å². The molecule has 0 radical (unpaired) electrons. The van der Waals surface area contributed by atoms with Crippen LogP contribution in [0.25, 0.3) is 0 Å². The lowest BCUT2D eigenvalue weighted by atomic mass is 10.3. The molecular weight excluding hydrogens is 228 g/mol. The number of likely N-dealkylation sites (tertiary alicyclic amines) is 2. The standard InChI is InChI=1S/C14H28N2O2/c1-2-12-18-14-6-5-10-16(14)13(17)7-11-15-8-3-4-9-15/h13-14,17H,2-12H2,1H3. The number of hydrogen-bond acceptors (Lipinski definition) is 4. The third-order valence-corrected chi connectivity index (χ3v) is 4.04. The van der Waals surface area contributed by atoms with E-state index in [0.29, 0.717) is 0 Å². The van der Waals surface area contributed by atoms with E-state index >= 15 is 0 Å². The van der Waals surface area contributed by atoms with Gasteiger partial charge in [-0.1, -0.05) is 6.92 Å². The predicted octanol–water partition coefficient (Wildman–Crippen LogP) is 1.64. The van der Waals surface area contributed by atoms with Gasteiger partial charge in [-0.15, -0.1) is 0 Å². The second kappa shape index (κ2) is 7.43. The zero-order valence-corrected chi connectivity index (χ0v) is 11.7. The van der Waals surface area contributed by atoms with Crippen molar-refractivity contribution in [3.63, 3.8) is 0 Å². The minimum absolute atomic E-state index is 0.151. The molecule has 0 aromatic heterocycles. The lowest BCUT2D eigenvalue weighted by Gasteiger charge is -2.30. The zero-order chi connectivity index (χ0) is 12.8. The van der Waals surface area contributed by atoms with Crippen LogP contribution in [0.3, 0.4) is 0 Å². The number of ether oxygens (including phenoxy) is 1. The molecule has 0 aromatic carbocycles. The summed E-state index contributed by atoms with van der Waals surface area (Å²) < 4.78 is 5.81. The highest BCUT2D eigenvalue weighted by atomic mass is 16.5. The SMILES string of the molecule is CCCOC1CCCN1C(O)CCN1CCCC1. The maximum absolute atomic E-state index is 10.3. The molecule has 0 bridgehead atoms. The van der Waals surface area contributed by atoms with Crippen LogP contribution in [0.2, 0.25) is 0 Å². The first-order valence-electron chi connectivity index (χ1n) is 7.59. The summed E-state index contributed by atoms with van der Waals surface area (Å²) in [6.07, 6.45) is 6.59. The van der Waals surface area contributed by atoms with Crippen LogP contribution in [0.1, 0.15) is 45.4 Å². The maximum Gasteiger partial charge on any atom is 0.112 e. The van der Waals surface area contributed by atoms with Gasteiger partial charge in [0, 0.05) is 19.7 Å². The molecule has 4 heteroatoms. The van der Waals surface area contributed by atoms with E-state index < -0.39 is 0 Å². The Bertz CT molecular complexity index is 232. The molecule has 1 N–H and O–H groups in total. The summed E-state index contributed by atoms with van der Waals surface area (Å²) >= 11 is 0. The number of nitrogens with zero attached hydrogens (tertiary/aromatic N) is 2. The summed E-state index contributed by atoms with van der Waals surface area (Å²) in [6, 6.07) is 0. The Morgan fingerprint density at radius 2 is 2.00 bits per heavy atom. The molecule has 0 spiro atoms. The third kappa shape index (κ3) is 3.92. The lowest BCUT2D eigenvalue weighted by Crippen LogP contribution is -2.42. The molecule has 2 atom stereocenters. The number of rotatable bonds is 7. The monoisotopic (exact) mass is 256 g/mol. The first-order chi connectivity index (χ1) is 8.81. The summed E-state index contributed by atoms with van der Waals surface area (Å²) in [4.78, 5) is 4.60. The first kappa shape index (κ1) is 14.3. The van der Waals surface area contributed by atoms with E-state index in [9.17, 15) is 5.11 Å². The number of aliphatic hydroxyl groups excluding tert-OH is 1. The quantitative estimate of drug-likeness (QED) is 0.751. The average Bonchev–Trinajstić information content (AvgIpc) is 3.04. The van der Waals surface area contributed by atoms with Crippen molar-refractivity contribution in [2.45, 2.75) is 57.9 Å². The maximum atomic E-state index is 10.3. The number of aliphatic hydroxyl groups is 1. The minimum atomic E-state index is -0.324. The van der Waals surface area contributed by atoms with Crippen LogP contribution >= 0.6 is 0 Å². The van der Waals surface area contributed by atoms with E-state index in [1.807, 2.05) is 0 Å². The molecule has 2 heterocycles. The summed E-state index contributed by atoms with van der Waals surface area (Å²) in [5, 5.41) is 10.3. The Kier molecular flexibility index (Phi) is 5.89. The van der Waals surface area contributed by atoms with Crippen LogP contribution in [0.4, 0.5) is 0 Å². The fraction of sp³-hybridized carbons (Fsp3) is 1.00. The topological polar surface area (TPSA) is 35.9 Å². The molecule has 2 saturated heterocycles. The highest BCUT2D eigenvalue weighted by molar-refractivity contribution is 4.76. The normalized spacial score (nSPS) is 28.0. The molecule has 18 heavy (non-hydrogen) atoms. The Hall–Kier alpha value is -0.160. The highest BCUT2D eigenvalue weighted by Gasteiger charge is 2.30. The molecule has 0 saturated carbocycles. The van der Waals surface area contributed by atoms with Crippen molar-refractivity contribution < 1.29 is 9.84 Å². The van der Waals surface area contributed by atoms with Crippen LogP contribution in [-0.4, -0.2) is 60.1 Å². The number of hydrogen-bond donors (Lipinski definition) is 1. The van der Waals surface area contributed by atoms with Gasteiger partial charge in [-0.3, -0.25) is 4.90 Å². The summed E-state index contributed by atoms with van der Waals surface area (Å²) in [7, 11) is 0. The fourth-order valence-corrected chi connectivity index (χ4v) is 3.00. The van der Waals surface area contributed by atoms with E-state index in [4.69, 9.17) is 4.74 Å². The van der Waals surface area contributed by atoms with Crippen molar-refractivity contribution in [3.8, 4) is 0 Å². The molecule has 2 fully saturated rings. The van der Waals surface area contributed by atoms with Crippen LogP contribution in [-0.2, 0) is 4.74 Å². The van der Waals surface area contributed by atoms with Gasteiger partial charge >= 0.3 is 0 Å². The second-order valence-electron chi connectivity index (χ2n) is 5.52. The third-order valence-electron chi connectivity index (χ3n) is 4.04. The molecule has 2 rings (SSSR count). The second-order valence-corrected chi connectivity index (χ2v) is 5.52. The van der Waals surface area contributed by atoms with Gasteiger partial charge in [0.25, 0.3) is 0 Å². The van der Waals surface area contributed by atoms with Crippen LogP contribution < -0.4 is 0 Å². The van der Waals surface area contributed by atoms with Crippen molar-refractivity contribution in [2.24, 2.45) is 0 Å². The zero-order valence-electron chi connectivity index (χ0n) is 11.7. The van der Waals surface area contributed by atoms with Gasteiger partial charge in [-0.05, 0) is 51.6 Å². The molecule has 4 nitrogen and oxygen atoms in total. The van der Waals surface area contributed by atoms with Gasteiger partial charge in [0.2, 0.25) is 0 Å². The van der Waals surface area contributed by atoms with E-state index in [-0.39, 0.29) is 12.5 Å². The molecule has 0 aromatic rings. The van der Waals surface area contributed by atoms with Gasteiger partial charge in [-0.2, -0.15) is 0 Å². The van der Waals surface area contributed by atoms with Crippen molar-refractivity contribution in [3.05, 3.63) is 0 Å². The minimum Gasteiger partial charge on any atom is -0.378 e. The van der Waals surface area contributed by atoms with E-state index in [0.717, 1.165) is 45.4 Å². The van der Waals surface area contributed by atoms with Gasteiger partial charge < -0.3 is 14.7 Å². The highest BCUT2D eigenvalue weighted by Crippen LogP contribution is 2.22. The van der Waals surface area contributed by atoms with Crippen molar-refractivity contribution in [2.75, 3.05) is 32.8 Å². The summed E-state index contributed by atoms with van der Waals surface area (Å²) in [5.74, 6) is 0. The van der Waals surface area contributed by atoms with Gasteiger partial charge in [0.1, 0.15) is 12.5 Å². The Morgan fingerprint density at radius 3 is 2.72 bits per heavy atom. The van der Waals surface area contributed by atoms with Gasteiger partial charge in [0.05, 0.1) is 0 Å². The van der Waals surface area contributed by atoms with E-state index in [2.05, 4.69) is 16.7 Å². The van der Waals surface area contributed by atoms with Crippen molar-refractivity contribution in [1.29, 1.82) is 0 Å². The smallest absolute Gasteiger partial charge is 0.112 e. The Morgan fingerprint density at radius 1 is 1.22 bits per heavy atom. The summed E-state index contributed by atoms with van der Waals surface area (Å²) in [5.41, 5.74) is 0. The largest absolute Gasteiger partial charge is 0.378 e. The molecule has 2 aliphatic rings. The van der Waals surface area contributed by atoms with Crippen LogP contribution in [0, 0.1) is 0 Å². The molecule has 2 aliphatic heterocycles. The molecule has 106 valence electrons. The van der Waals surface area contributed by atoms with Crippen LogP contribution in [0.15, 0.2) is 0 Å². The average molecular weight is 256 g/mol. The molecule has 0 amide bonds. The lowest BCUT2D eigenvalue weighted by molar-refractivity contribution is -0.113. The van der Waals surface area contributed by atoms with Crippen molar-refractivity contribution >= 4 is 0 Å².